The lowest BCUT2D eigenvalue weighted by atomic mass is 10.1. The van der Waals surface area contributed by atoms with Gasteiger partial charge in [0, 0.05) is 19.2 Å². The number of rotatable bonds is 3. The number of likely N-dealkylation sites (N-methyl/N-ethyl adjacent to an activating group) is 1. The number of aliphatic hydroxyl groups is 1. The highest BCUT2D eigenvalue weighted by Gasteiger charge is 2.21. The molecule has 1 atom stereocenters. The van der Waals surface area contributed by atoms with Gasteiger partial charge in [0.05, 0.1) is 6.10 Å². The summed E-state index contributed by atoms with van der Waals surface area (Å²) in [5.41, 5.74) is 3.47. The number of nitrogens with one attached hydrogen (secondary N) is 1. The van der Waals surface area contributed by atoms with E-state index in [9.17, 15) is 5.11 Å². The van der Waals surface area contributed by atoms with Crippen molar-refractivity contribution in [2.24, 2.45) is 0 Å². The van der Waals surface area contributed by atoms with Crippen LogP contribution in [0.4, 0.5) is 0 Å². The van der Waals surface area contributed by atoms with Gasteiger partial charge in [-0.1, -0.05) is 18.7 Å². The fourth-order valence-corrected chi connectivity index (χ4v) is 1.77. The molecule has 0 heterocycles. The third-order valence-corrected chi connectivity index (χ3v) is 2.41. The van der Waals surface area contributed by atoms with Crippen molar-refractivity contribution in [1.29, 1.82) is 0 Å². The molecule has 0 amide bonds. The van der Waals surface area contributed by atoms with Gasteiger partial charge in [-0.15, -0.1) is 0 Å². The Morgan fingerprint density at radius 3 is 2.77 bits per heavy atom. The first-order valence-corrected chi connectivity index (χ1v) is 4.59. The molecule has 0 bridgehead atoms. The van der Waals surface area contributed by atoms with Gasteiger partial charge in [0.2, 0.25) is 0 Å². The van der Waals surface area contributed by atoms with Gasteiger partial charge in [0.15, 0.2) is 0 Å². The normalized spacial score (nSPS) is 23.6. The Morgan fingerprint density at radius 2 is 2.31 bits per heavy atom. The van der Waals surface area contributed by atoms with Crippen LogP contribution < -0.4 is 5.32 Å². The molecular formula is C11H17NO. The average molecular weight is 179 g/mol. The predicted molar refractivity (Wildman–Crippen MR) is 55.3 cm³/mol. The molecule has 2 nitrogen and oxygen atoms in total. The minimum atomic E-state index is -0.230. The predicted octanol–water partition coefficient (Wildman–Crippen LogP) is 1.75. The molecule has 2 N–H and O–H groups in total. The van der Waals surface area contributed by atoms with E-state index in [0.717, 1.165) is 24.1 Å². The van der Waals surface area contributed by atoms with E-state index in [1.54, 1.807) is 0 Å². The first-order valence-electron chi connectivity index (χ1n) is 4.59. The molecule has 72 valence electrons. The van der Waals surface area contributed by atoms with Gasteiger partial charge in [-0.05, 0) is 24.5 Å². The minimum absolute atomic E-state index is 0.230. The quantitative estimate of drug-likeness (QED) is 0.691. The fraction of sp³-hybridized carbons (Fsp3) is 0.455. The Labute approximate surface area is 79.7 Å². The lowest BCUT2D eigenvalue weighted by Gasteiger charge is -2.08. The maximum absolute atomic E-state index is 9.50. The van der Waals surface area contributed by atoms with Crippen molar-refractivity contribution in [1.82, 2.24) is 5.32 Å². The summed E-state index contributed by atoms with van der Waals surface area (Å²) in [6, 6.07) is 0. The van der Waals surface area contributed by atoms with Gasteiger partial charge in [-0.2, -0.15) is 0 Å². The Hall–Kier alpha value is -1.02. The Bertz CT molecular complexity index is 263. The summed E-state index contributed by atoms with van der Waals surface area (Å²) in [6.07, 6.45) is 5.11. The molecule has 2 heteroatoms. The molecule has 0 radical (unpaired) electrons. The number of hydrogen-bond donors (Lipinski definition) is 2. The maximum atomic E-state index is 9.50. The average Bonchev–Trinajstić information content (AvgIpc) is 2.49. The second-order valence-electron chi connectivity index (χ2n) is 3.22. The topological polar surface area (TPSA) is 32.3 Å². The van der Waals surface area contributed by atoms with Gasteiger partial charge < -0.3 is 10.4 Å². The van der Waals surface area contributed by atoms with Crippen LogP contribution in [-0.4, -0.2) is 18.3 Å². The van der Waals surface area contributed by atoms with Crippen molar-refractivity contribution in [3.05, 3.63) is 35.6 Å². The first-order chi connectivity index (χ1) is 6.22. The van der Waals surface area contributed by atoms with Crippen LogP contribution in [0, 0.1) is 0 Å². The maximum Gasteiger partial charge on any atom is 0.0621 e. The van der Waals surface area contributed by atoms with Crippen LogP contribution in [0.1, 0.15) is 19.8 Å². The van der Waals surface area contributed by atoms with Crippen LogP contribution in [0.25, 0.3) is 0 Å². The Morgan fingerprint density at radius 1 is 1.62 bits per heavy atom. The highest BCUT2D eigenvalue weighted by molar-refractivity contribution is 5.42. The molecule has 0 saturated carbocycles. The van der Waals surface area contributed by atoms with E-state index in [4.69, 9.17) is 0 Å². The van der Waals surface area contributed by atoms with Crippen LogP contribution >= 0.6 is 0 Å². The molecule has 0 fully saturated rings. The minimum Gasteiger partial charge on any atom is -0.392 e. The third-order valence-electron chi connectivity index (χ3n) is 2.41. The van der Waals surface area contributed by atoms with Crippen molar-refractivity contribution in [2.75, 3.05) is 7.05 Å². The number of hydrogen-bond acceptors (Lipinski definition) is 2. The van der Waals surface area contributed by atoms with E-state index >= 15 is 0 Å². The second kappa shape index (κ2) is 4.28. The fourth-order valence-electron chi connectivity index (χ4n) is 1.77. The zero-order chi connectivity index (χ0) is 9.84. The highest BCUT2D eigenvalue weighted by Crippen LogP contribution is 2.30. The van der Waals surface area contributed by atoms with Crippen LogP contribution in [0.15, 0.2) is 35.6 Å². The molecule has 1 aliphatic carbocycles. The van der Waals surface area contributed by atoms with Crippen molar-refractivity contribution in [3.63, 3.8) is 0 Å². The molecule has 1 aliphatic rings. The molecule has 1 rings (SSSR count). The largest absolute Gasteiger partial charge is 0.392 e. The second-order valence-corrected chi connectivity index (χ2v) is 3.22. The van der Waals surface area contributed by atoms with E-state index in [-0.39, 0.29) is 6.10 Å². The summed E-state index contributed by atoms with van der Waals surface area (Å²) in [6.45, 7) is 5.74. The zero-order valence-corrected chi connectivity index (χ0v) is 8.30. The van der Waals surface area contributed by atoms with Gasteiger partial charge in [-0.3, -0.25) is 0 Å². The van der Waals surface area contributed by atoms with E-state index in [2.05, 4.69) is 11.9 Å². The molecule has 0 spiro atoms. The summed E-state index contributed by atoms with van der Waals surface area (Å²) < 4.78 is 0. The van der Waals surface area contributed by atoms with Crippen molar-refractivity contribution in [2.45, 2.75) is 25.9 Å². The smallest absolute Gasteiger partial charge is 0.0621 e. The molecule has 0 aromatic rings. The Kier molecular flexibility index (Phi) is 3.32. The van der Waals surface area contributed by atoms with Gasteiger partial charge >= 0.3 is 0 Å². The highest BCUT2D eigenvalue weighted by atomic mass is 16.3. The molecule has 1 unspecified atom stereocenters. The van der Waals surface area contributed by atoms with Gasteiger partial charge in [0.1, 0.15) is 0 Å². The molecule has 0 aliphatic heterocycles. The van der Waals surface area contributed by atoms with Gasteiger partial charge in [0.25, 0.3) is 0 Å². The molecule has 13 heavy (non-hydrogen) atoms. The number of allylic oxidation sites excluding steroid dienone is 3. The van der Waals surface area contributed by atoms with E-state index in [1.807, 2.05) is 26.1 Å². The summed E-state index contributed by atoms with van der Waals surface area (Å²) in [5, 5.41) is 12.6. The summed E-state index contributed by atoms with van der Waals surface area (Å²) in [4.78, 5) is 0. The van der Waals surface area contributed by atoms with Crippen molar-refractivity contribution < 1.29 is 5.11 Å². The van der Waals surface area contributed by atoms with E-state index in [0.29, 0.717) is 0 Å². The molecule has 0 aromatic heterocycles. The Balaban J connectivity index is 2.93. The van der Waals surface area contributed by atoms with Crippen LogP contribution in [-0.2, 0) is 0 Å². The summed E-state index contributed by atoms with van der Waals surface area (Å²) >= 11 is 0. The van der Waals surface area contributed by atoms with Crippen LogP contribution in [0.2, 0.25) is 0 Å². The van der Waals surface area contributed by atoms with Crippen molar-refractivity contribution in [3.8, 4) is 0 Å². The zero-order valence-electron chi connectivity index (χ0n) is 8.30. The SMILES string of the molecule is C=CC1=C(/C(=C\C)NC)CC(O)C1. The van der Waals surface area contributed by atoms with Gasteiger partial charge in [-0.25, -0.2) is 0 Å². The number of aliphatic hydroxyl groups excluding tert-OH is 1. The standard InChI is InChI=1S/C11H17NO/c1-4-8-6-9(13)7-10(8)11(5-2)12-3/h4-5,9,12-13H,1,6-7H2,2-3H3/b11-5+. The molecule has 0 aromatic carbocycles. The lowest BCUT2D eigenvalue weighted by Crippen LogP contribution is -2.09. The monoisotopic (exact) mass is 179 g/mol. The summed E-state index contributed by atoms with van der Waals surface area (Å²) in [7, 11) is 1.90. The van der Waals surface area contributed by atoms with E-state index in [1.165, 1.54) is 5.57 Å². The molecular weight excluding hydrogens is 162 g/mol. The van der Waals surface area contributed by atoms with Crippen LogP contribution in [0.5, 0.6) is 0 Å². The lowest BCUT2D eigenvalue weighted by molar-refractivity contribution is 0.187. The first kappa shape index (κ1) is 10.1. The van der Waals surface area contributed by atoms with Crippen molar-refractivity contribution >= 4 is 0 Å². The summed E-state index contributed by atoms with van der Waals surface area (Å²) in [5.74, 6) is 0. The molecule has 0 saturated heterocycles. The van der Waals surface area contributed by atoms with E-state index < -0.39 is 0 Å². The third kappa shape index (κ3) is 2.01. The van der Waals surface area contributed by atoms with Crippen LogP contribution in [0.3, 0.4) is 0 Å².